The second-order valence-corrected chi connectivity index (χ2v) is 9.92. The number of hydrogen-bond donors (Lipinski definition) is 5. The normalized spacial score (nSPS) is 15.1. The summed E-state index contributed by atoms with van der Waals surface area (Å²) >= 11 is 0. The van der Waals surface area contributed by atoms with Gasteiger partial charge in [-0.05, 0) is 45.2 Å². The number of anilines is 1. The molecule has 35 heavy (non-hydrogen) atoms. The molecule has 3 rings (SSSR count). The molecule has 1 aromatic heterocycles. The van der Waals surface area contributed by atoms with E-state index in [2.05, 4.69) is 30.5 Å². The first-order valence-electron chi connectivity index (χ1n) is 11.2. The lowest BCUT2D eigenvalue weighted by molar-refractivity contribution is -0.148. The molecule has 1 aliphatic rings. The Kier molecular flexibility index (Phi) is 8.46. The summed E-state index contributed by atoms with van der Waals surface area (Å²) in [5.74, 6) is -1.67. The topological polar surface area (TPSA) is 175 Å². The van der Waals surface area contributed by atoms with Gasteiger partial charge in [0.25, 0.3) is 5.91 Å². The van der Waals surface area contributed by atoms with Crippen LogP contribution in [0.3, 0.4) is 0 Å². The number of aliphatic carboxylic acids is 1. The second kappa shape index (κ2) is 11.3. The number of hydrogen-bond acceptors (Lipinski definition) is 8. The van der Waals surface area contributed by atoms with Crippen molar-refractivity contribution in [2.75, 3.05) is 18.5 Å². The van der Waals surface area contributed by atoms with Crippen molar-refractivity contribution in [2.24, 2.45) is 5.16 Å². The second-order valence-electron chi connectivity index (χ2n) is 8.24. The molecule has 0 saturated heterocycles. The number of imidazole rings is 1. The fourth-order valence-corrected chi connectivity index (χ4v) is 4.83. The third-order valence-electron chi connectivity index (χ3n) is 5.57. The minimum atomic E-state index is -4.26. The van der Waals surface area contributed by atoms with Gasteiger partial charge >= 0.3 is 5.97 Å². The Labute approximate surface area is 203 Å². The van der Waals surface area contributed by atoms with Crippen LogP contribution in [0.5, 0.6) is 0 Å². The van der Waals surface area contributed by atoms with E-state index in [1.165, 1.54) is 24.3 Å². The van der Waals surface area contributed by atoms with Crippen molar-refractivity contribution in [2.45, 2.75) is 56.5 Å². The molecule has 190 valence electrons. The summed E-state index contributed by atoms with van der Waals surface area (Å²) in [6.45, 7) is 4.60. The Hall–Kier alpha value is -3.45. The van der Waals surface area contributed by atoms with Crippen LogP contribution >= 0.6 is 0 Å². The predicted octanol–water partition coefficient (Wildman–Crippen LogP) is 1.65. The summed E-state index contributed by atoms with van der Waals surface area (Å²) in [5, 5.41) is 19.2. The van der Waals surface area contributed by atoms with Crippen LogP contribution in [0.15, 0.2) is 40.4 Å². The SMILES string of the molecule is Cc1nc(NCCCCCC(NC(=O)C2=NOCC2)(NS(=O)(=O)c2ccccc2)C(=O)O)[nH]c1C. The number of aryl methyl sites for hydroxylation is 2. The number of H-pyrrole nitrogens is 1. The summed E-state index contributed by atoms with van der Waals surface area (Å²) in [6.07, 6.45) is 1.60. The number of sulfonamides is 1. The number of carboxylic acid groups (broad SMARTS) is 1. The number of aromatic amines is 1. The molecule has 1 aromatic carbocycles. The van der Waals surface area contributed by atoms with Gasteiger partial charge in [-0.25, -0.2) is 18.2 Å². The molecule has 1 atom stereocenters. The van der Waals surface area contributed by atoms with Gasteiger partial charge < -0.3 is 25.6 Å². The van der Waals surface area contributed by atoms with Crippen molar-refractivity contribution in [3.63, 3.8) is 0 Å². The fraction of sp³-hybridized carbons (Fsp3) is 0.455. The van der Waals surface area contributed by atoms with E-state index in [1.807, 2.05) is 13.8 Å². The van der Waals surface area contributed by atoms with Gasteiger partial charge in [-0.2, -0.15) is 4.72 Å². The Morgan fingerprint density at radius 3 is 2.51 bits per heavy atom. The Balaban J connectivity index is 1.69. The highest BCUT2D eigenvalue weighted by Gasteiger charge is 2.44. The number of carbonyl (C=O) groups excluding carboxylic acids is 1. The summed E-state index contributed by atoms with van der Waals surface area (Å²) in [5.41, 5.74) is -0.392. The van der Waals surface area contributed by atoms with Crippen molar-refractivity contribution in [1.82, 2.24) is 20.0 Å². The van der Waals surface area contributed by atoms with Crippen molar-refractivity contribution in [3.8, 4) is 0 Å². The van der Waals surface area contributed by atoms with E-state index in [0.717, 1.165) is 11.4 Å². The van der Waals surface area contributed by atoms with Crippen LogP contribution in [0.2, 0.25) is 0 Å². The maximum absolute atomic E-state index is 13.0. The highest BCUT2D eigenvalue weighted by molar-refractivity contribution is 7.89. The molecular weight excluding hydrogens is 476 g/mol. The molecule has 1 amide bonds. The molecular formula is C22H30N6O6S. The van der Waals surface area contributed by atoms with Gasteiger partial charge in [-0.15, -0.1) is 0 Å². The van der Waals surface area contributed by atoms with Crippen LogP contribution in [0, 0.1) is 13.8 Å². The minimum absolute atomic E-state index is 0.00256. The lowest BCUT2D eigenvalue weighted by Gasteiger charge is -2.31. The van der Waals surface area contributed by atoms with Gasteiger partial charge in [0.1, 0.15) is 12.3 Å². The first kappa shape index (κ1) is 26.2. The molecule has 0 radical (unpaired) electrons. The quantitative estimate of drug-likeness (QED) is 0.201. The van der Waals surface area contributed by atoms with Gasteiger partial charge in [0.15, 0.2) is 0 Å². The lowest BCUT2D eigenvalue weighted by Crippen LogP contribution is -2.66. The van der Waals surface area contributed by atoms with Crippen LogP contribution in [-0.4, -0.2) is 59.9 Å². The Morgan fingerprint density at radius 1 is 1.17 bits per heavy atom. The summed E-state index contributed by atoms with van der Waals surface area (Å²) in [7, 11) is -4.26. The molecule has 2 aromatic rings. The van der Waals surface area contributed by atoms with E-state index in [0.29, 0.717) is 31.8 Å². The molecule has 1 unspecified atom stereocenters. The van der Waals surface area contributed by atoms with Gasteiger partial charge in [0, 0.05) is 18.7 Å². The first-order chi connectivity index (χ1) is 16.6. The molecule has 0 fully saturated rings. The van der Waals surface area contributed by atoms with E-state index < -0.39 is 27.6 Å². The first-order valence-corrected chi connectivity index (χ1v) is 12.7. The Bertz CT molecular complexity index is 1160. The predicted molar refractivity (Wildman–Crippen MR) is 128 cm³/mol. The molecule has 0 saturated carbocycles. The van der Waals surface area contributed by atoms with Crippen molar-refractivity contribution >= 4 is 33.6 Å². The lowest BCUT2D eigenvalue weighted by atomic mass is 10.0. The Morgan fingerprint density at radius 2 is 1.91 bits per heavy atom. The van der Waals surface area contributed by atoms with Crippen molar-refractivity contribution in [3.05, 3.63) is 41.7 Å². The average molecular weight is 507 g/mol. The minimum Gasteiger partial charge on any atom is -0.478 e. The van der Waals surface area contributed by atoms with Crippen LogP contribution in [0.1, 0.15) is 43.5 Å². The number of amides is 1. The smallest absolute Gasteiger partial charge is 0.345 e. The third-order valence-corrected chi connectivity index (χ3v) is 7.08. The maximum Gasteiger partial charge on any atom is 0.345 e. The summed E-state index contributed by atoms with van der Waals surface area (Å²) < 4.78 is 28.2. The summed E-state index contributed by atoms with van der Waals surface area (Å²) in [4.78, 5) is 37.2. The van der Waals surface area contributed by atoms with Gasteiger partial charge in [-0.1, -0.05) is 29.8 Å². The van der Waals surface area contributed by atoms with Crippen molar-refractivity contribution in [1.29, 1.82) is 0 Å². The number of rotatable bonds is 13. The monoisotopic (exact) mass is 506 g/mol. The number of carbonyl (C=O) groups is 2. The largest absolute Gasteiger partial charge is 0.478 e. The van der Waals surface area contributed by atoms with E-state index in [9.17, 15) is 23.1 Å². The number of unbranched alkanes of at least 4 members (excludes halogenated alkanes) is 2. The number of oxime groups is 1. The maximum atomic E-state index is 13.0. The van der Waals surface area contributed by atoms with E-state index in [4.69, 9.17) is 4.84 Å². The number of benzene rings is 1. The molecule has 0 aliphatic carbocycles. The van der Waals surface area contributed by atoms with Crippen LogP contribution < -0.4 is 15.4 Å². The standard InChI is InChI=1S/C22H30N6O6S/c1-15-16(2)25-21(24-15)23-13-8-4-7-12-22(20(30)31,26-19(29)18-11-14-34-27-18)28-35(32,33)17-9-5-3-6-10-17/h3,5-6,9-10,28H,4,7-8,11-14H2,1-2H3,(H,26,29)(H,30,31)(H2,23,24,25). The van der Waals surface area contributed by atoms with E-state index >= 15 is 0 Å². The van der Waals surface area contributed by atoms with Crippen LogP contribution in [0.25, 0.3) is 0 Å². The molecule has 2 heterocycles. The molecule has 12 nitrogen and oxygen atoms in total. The fourth-order valence-electron chi connectivity index (χ4n) is 3.49. The summed E-state index contributed by atoms with van der Waals surface area (Å²) in [6, 6.07) is 7.37. The number of nitrogens with zero attached hydrogens (tertiary/aromatic N) is 2. The van der Waals surface area contributed by atoms with E-state index in [-0.39, 0.29) is 30.1 Å². The van der Waals surface area contributed by atoms with Crippen LogP contribution in [-0.2, 0) is 24.4 Å². The number of nitrogens with one attached hydrogen (secondary N) is 4. The molecule has 0 bridgehead atoms. The zero-order valence-corrected chi connectivity index (χ0v) is 20.4. The van der Waals surface area contributed by atoms with Crippen LogP contribution in [0.4, 0.5) is 5.95 Å². The zero-order chi connectivity index (χ0) is 25.5. The van der Waals surface area contributed by atoms with Gasteiger partial charge in [0.05, 0.1) is 10.6 Å². The highest BCUT2D eigenvalue weighted by Crippen LogP contribution is 2.19. The number of aromatic nitrogens is 2. The van der Waals surface area contributed by atoms with Gasteiger partial charge in [0.2, 0.25) is 21.6 Å². The zero-order valence-electron chi connectivity index (χ0n) is 19.6. The van der Waals surface area contributed by atoms with E-state index in [1.54, 1.807) is 6.07 Å². The highest BCUT2D eigenvalue weighted by atomic mass is 32.2. The molecule has 13 heteroatoms. The molecule has 0 spiro atoms. The van der Waals surface area contributed by atoms with Gasteiger partial charge in [-0.3, -0.25) is 4.79 Å². The van der Waals surface area contributed by atoms with Crippen molar-refractivity contribution < 1.29 is 28.0 Å². The third kappa shape index (κ3) is 6.79. The average Bonchev–Trinajstić information content (AvgIpc) is 3.46. The molecule has 1 aliphatic heterocycles. The molecule has 5 N–H and O–H groups in total. The number of carboxylic acids is 1.